The average Bonchev–Trinajstić information content (AvgIpc) is 2.56. The van der Waals surface area contributed by atoms with Crippen molar-refractivity contribution in [3.63, 3.8) is 0 Å². The van der Waals surface area contributed by atoms with Crippen molar-refractivity contribution in [2.75, 3.05) is 56.7 Å². The minimum Gasteiger partial charge on any atom is -0.381 e. The fraction of sp³-hybridized carbons (Fsp3) is 0.588. The lowest BCUT2D eigenvalue weighted by atomic mass is 10.1. The minimum absolute atomic E-state index is 0.338. The van der Waals surface area contributed by atoms with Gasteiger partial charge >= 0.3 is 0 Å². The Morgan fingerprint density at radius 3 is 2.57 bits per heavy atom. The number of carbonyl (C=O) groups is 1. The van der Waals surface area contributed by atoms with Crippen LogP contribution in [0.2, 0.25) is 0 Å². The number of hydrogen-bond acceptors (Lipinski definition) is 5. The summed E-state index contributed by atoms with van der Waals surface area (Å²) in [7, 11) is 2.14. The van der Waals surface area contributed by atoms with Gasteiger partial charge in [0.05, 0.1) is 5.56 Å². The number of piperazine rings is 1. The predicted molar refractivity (Wildman–Crippen MR) is 92.1 cm³/mol. The van der Waals surface area contributed by atoms with Crippen molar-refractivity contribution >= 4 is 17.3 Å². The van der Waals surface area contributed by atoms with Crippen LogP contribution in [0.4, 0.5) is 11.4 Å². The molecule has 6 nitrogen and oxygen atoms in total. The molecule has 2 aliphatic rings. The molecule has 0 spiro atoms. The van der Waals surface area contributed by atoms with Gasteiger partial charge in [0.1, 0.15) is 0 Å². The van der Waals surface area contributed by atoms with E-state index in [2.05, 4.69) is 28.2 Å². The molecule has 2 heterocycles. The number of amides is 1. The maximum absolute atomic E-state index is 11.7. The summed E-state index contributed by atoms with van der Waals surface area (Å²) in [6, 6.07) is 6.25. The third-order valence-electron chi connectivity index (χ3n) is 4.72. The predicted octanol–water partition coefficient (Wildman–Crippen LogP) is 1.13. The van der Waals surface area contributed by atoms with Crippen molar-refractivity contribution in [2.45, 2.75) is 18.9 Å². The van der Waals surface area contributed by atoms with Gasteiger partial charge in [-0.1, -0.05) is 0 Å². The smallest absolute Gasteiger partial charge is 0.250 e. The van der Waals surface area contributed by atoms with Crippen LogP contribution >= 0.6 is 0 Å². The van der Waals surface area contributed by atoms with Crippen LogP contribution in [0.25, 0.3) is 0 Å². The molecule has 1 amide bonds. The quantitative estimate of drug-likeness (QED) is 0.871. The lowest BCUT2D eigenvalue weighted by molar-refractivity contribution is 0.0904. The van der Waals surface area contributed by atoms with Crippen LogP contribution in [-0.4, -0.2) is 63.3 Å². The first-order chi connectivity index (χ1) is 11.1. The first kappa shape index (κ1) is 16.1. The van der Waals surface area contributed by atoms with Gasteiger partial charge in [-0.05, 0) is 38.1 Å². The largest absolute Gasteiger partial charge is 0.381 e. The summed E-state index contributed by atoms with van der Waals surface area (Å²) < 4.78 is 5.40. The van der Waals surface area contributed by atoms with Crippen molar-refractivity contribution in [3.05, 3.63) is 23.8 Å². The lowest BCUT2D eigenvalue weighted by Crippen LogP contribution is -2.44. The molecule has 2 aliphatic heterocycles. The summed E-state index contributed by atoms with van der Waals surface area (Å²) in [6.07, 6.45) is 1.91. The molecule has 2 fully saturated rings. The number of nitrogens with two attached hydrogens (primary N) is 1. The number of rotatable bonds is 4. The highest BCUT2D eigenvalue weighted by Gasteiger charge is 2.19. The Balaban J connectivity index is 1.79. The number of anilines is 2. The Morgan fingerprint density at radius 2 is 1.91 bits per heavy atom. The first-order valence-corrected chi connectivity index (χ1v) is 8.35. The Kier molecular flexibility index (Phi) is 5.03. The second-order valence-electron chi connectivity index (χ2n) is 6.42. The van der Waals surface area contributed by atoms with Crippen molar-refractivity contribution in [3.8, 4) is 0 Å². The molecule has 126 valence electrons. The van der Waals surface area contributed by atoms with Crippen LogP contribution in [0, 0.1) is 0 Å². The van der Waals surface area contributed by atoms with E-state index >= 15 is 0 Å². The molecule has 0 unspecified atom stereocenters. The number of nitrogens with zero attached hydrogens (tertiary/aromatic N) is 2. The fourth-order valence-corrected chi connectivity index (χ4v) is 3.19. The first-order valence-electron chi connectivity index (χ1n) is 8.35. The lowest BCUT2D eigenvalue weighted by Gasteiger charge is -2.34. The zero-order chi connectivity index (χ0) is 16.2. The average molecular weight is 318 g/mol. The Hall–Kier alpha value is -1.79. The molecule has 0 atom stereocenters. The molecule has 1 aromatic rings. The van der Waals surface area contributed by atoms with E-state index in [-0.39, 0.29) is 5.91 Å². The van der Waals surface area contributed by atoms with E-state index in [4.69, 9.17) is 10.5 Å². The zero-order valence-corrected chi connectivity index (χ0v) is 13.8. The van der Waals surface area contributed by atoms with Gasteiger partial charge in [0, 0.05) is 56.8 Å². The van der Waals surface area contributed by atoms with E-state index in [0.29, 0.717) is 11.6 Å². The van der Waals surface area contributed by atoms with Crippen molar-refractivity contribution < 1.29 is 9.53 Å². The Bertz CT molecular complexity index is 550. The van der Waals surface area contributed by atoms with Gasteiger partial charge in [0.15, 0.2) is 0 Å². The van der Waals surface area contributed by atoms with Crippen molar-refractivity contribution in [1.82, 2.24) is 4.90 Å². The van der Waals surface area contributed by atoms with E-state index < -0.39 is 0 Å². The normalized spacial score (nSPS) is 20.5. The highest BCUT2D eigenvalue weighted by Crippen LogP contribution is 2.26. The van der Waals surface area contributed by atoms with E-state index in [0.717, 1.165) is 63.6 Å². The maximum atomic E-state index is 11.7. The van der Waals surface area contributed by atoms with Gasteiger partial charge < -0.3 is 25.6 Å². The van der Waals surface area contributed by atoms with Gasteiger partial charge in [0.25, 0.3) is 5.91 Å². The maximum Gasteiger partial charge on any atom is 0.250 e. The summed E-state index contributed by atoms with van der Waals surface area (Å²) in [5.74, 6) is -0.385. The minimum atomic E-state index is -0.385. The molecule has 1 aromatic carbocycles. The van der Waals surface area contributed by atoms with Crippen LogP contribution in [0.1, 0.15) is 23.2 Å². The molecule has 0 saturated carbocycles. The number of likely N-dealkylation sites (N-methyl/N-ethyl adjacent to an activating group) is 1. The molecule has 6 heteroatoms. The summed E-state index contributed by atoms with van der Waals surface area (Å²) in [6.45, 7) is 5.65. The number of primary amides is 1. The summed E-state index contributed by atoms with van der Waals surface area (Å²) >= 11 is 0. The zero-order valence-electron chi connectivity index (χ0n) is 13.8. The number of nitrogens with one attached hydrogen (secondary N) is 1. The van der Waals surface area contributed by atoms with Crippen LogP contribution in [0.15, 0.2) is 18.2 Å². The van der Waals surface area contributed by atoms with Gasteiger partial charge in [0.2, 0.25) is 0 Å². The number of hydrogen-bond donors (Lipinski definition) is 2. The molecule has 0 aromatic heterocycles. The second-order valence-corrected chi connectivity index (χ2v) is 6.42. The third kappa shape index (κ3) is 3.95. The van der Waals surface area contributed by atoms with Gasteiger partial charge in [-0.25, -0.2) is 0 Å². The van der Waals surface area contributed by atoms with Crippen LogP contribution in [0.3, 0.4) is 0 Å². The van der Waals surface area contributed by atoms with E-state index in [1.165, 1.54) is 0 Å². The molecular formula is C17H26N4O2. The highest BCUT2D eigenvalue weighted by molar-refractivity contribution is 5.99. The fourth-order valence-electron chi connectivity index (χ4n) is 3.19. The van der Waals surface area contributed by atoms with Crippen LogP contribution in [-0.2, 0) is 4.74 Å². The topological polar surface area (TPSA) is 70.8 Å². The summed E-state index contributed by atoms with van der Waals surface area (Å²) in [5.41, 5.74) is 8.11. The molecule has 0 bridgehead atoms. The van der Waals surface area contributed by atoms with Gasteiger partial charge in [-0.15, -0.1) is 0 Å². The van der Waals surface area contributed by atoms with Gasteiger partial charge in [-0.2, -0.15) is 0 Å². The molecule has 3 N–H and O–H groups in total. The van der Waals surface area contributed by atoms with E-state index in [1.807, 2.05) is 12.1 Å². The van der Waals surface area contributed by atoms with Crippen molar-refractivity contribution in [2.24, 2.45) is 5.73 Å². The van der Waals surface area contributed by atoms with Crippen LogP contribution < -0.4 is 16.0 Å². The molecular weight excluding hydrogens is 292 g/mol. The summed E-state index contributed by atoms with van der Waals surface area (Å²) in [5, 5.41) is 3.50. The van der Waals surface area contributed by atoms with E-state index in [9.17, 15) is 4.79 Å². The molecule has 3 rings (SSSR count). The molecule has 23 heavy (non-hydrogen) atoms. The summed E-state index contributed by atoms with van der Waals surface area (Å²) in [4.78, 5) is 16.4. The van der Waals surface area contributed by atoms with E-state index in [1.54, 1.807) is 0 Å². The Labute approximate surface area is 137 Å². The highest BCUT2D eigenvalue weighted by atomic mass is 16.5. The number of benzene rings is 1. The monoisotopic (exact) mass is 318 g/mol. The molecule has 2 saturated heterocycles. The van der Waals surface area contributed by atoms with Crippen molar-refractivity contribution in [1.29, 1.82) is 0 Å². The van der Waals surface area contributed by atoms with Crippen LogP contribution in [0.5, 0.6) is 0 Å². The van der Waals surface area contributed by atoms with Gasteiger partial charge in [-0.3, -0.25) is 4.79 Å². The second kappa shape index (κ2) is 7.19. The molecule has 0 radical (unpaired) electrons. The molecule has 0 aliphatic carbocycles. The number of carbonyl (C=O) groups excluding carboxylic acids is 1. The third-order valence-corrected chi connectivity index (χ3v) is 4.72. The SMILES string of the molecule is CN1CCN(c2ccc(C(N)=O)c(NC3CCOCC3)c2)CC1. The Morgan fingerprint density at radius 1 is 1.22 bits per heavy atom. The standard InChI is InChI=1S/C17H26N4O2/c1-20-6-8-21(9-7-20)14-2-3-15(17(18)22)16(12-14)19-13-4-10-23-11-5-13/h2-3,12-13,19H,4-11H2,1H3,(H2,18,22). The number of ether oxygens (including phenoxy) is 1.